The summed E-state index contributed by atoms with van der Waals surface area (Å²) in [6, 6.07) is 37.7. The molecular formula is C41H33ClN4O5S2. The number of hydrogen-bond donors (Lipinski definition) is 3. The molecule has 0 saturated heterocycles. The van der Waals surface area contributed by atoms with E-state index in [9.17, 15) is 14.4 Å². The van der Waals surface area contributed by atoms with Gasteiger partial charge in [-0.1, -0.05) is 78.3 Å². The third kappa shape index (κ3) is 9.72. The zero-order valence-electron chi connectivity index (χ0n) is 28.5. The van der Waals surface area contributed by atoms with E-state index in [1.54, 1.807) is 87.0 Å². The number of halogens is 1. The fourth-order valence-corrected chi connectivity index (χ4v) is 7.11. The number of nitrogens with one attached hydrogen (secondary N) is 3. The zero-order valence-corrected chi connectivity index (χ0v) is 30.9. The normalized spacial score (nSPS) is 11.6. The van der Waals surface area contributed by atoms with Gasteiger partial charge in [-0.15, -0.1) is 23.1 Å². The van der Waals surface area contributed by atoms with Gasteiger partial charge < -0.3 is 25.4 Å². The molecule has 1 atom stereocenters. The van der Waals surface area contributed by atoms with Gasteiger partial charge in [0.05, 0.1) is 19.9 Å². The standard InChI is InChI=1S/C41H33ClN4O5S2/c1-50-35-21-18-29(23-36(35)51-2)34-25-52-41(45-34)46-40(49)37(27-10-5-3-6-11-27)53-32-15-9-14-31(24-32)43-39(48)33(22-26-16-19-30(42)20-17-26)44-38(47)28-12-7-4-8-13-28/h3-25,37H,1-2H3,(H,43,48)(H,44,47)(H,45,46,49)/b33-22-. The second-order valence-corrected chi connectivity index (χ2v) is 13.9. The summed E-state index contributed by atoms with van der Waals surface area (Å²) in [6.07, 6.45) is 1.58. The van der Waals surface area contributed by atoms with E-state index >= 15 is 0 Å². The van der Waals surface area contributed by atoms with Gasteiger partial charge in [-0.25, -0.2) is 4.98 Å². The highest BCUT2D eigenvalue weighted by atomic mass is 35.5. The maximum absolute atomic E-state index is 13.9. The van der Waals surface area contributed by atoms with E-state index in [2.05, 4.69) is 20.9 Å². The summed E-state index contributed by atoms with van der Waals surface area (Å²) in [7, 11) is 3.15. The molecule has 0 fully saturated rings. The Bertz CT molecular complexity index is 2250. The van der Waals surface area contributed by atoms with E-state index in [0.29, 0.717) is 44.2 Å². The van der Waals surface area contributed by atoms with Gasteiger partial charge in [-0.3, -0.25) is 14.4 Å². The summed E-state index contributed by atoms with van der Waals surface area (Å²) in [5, 5.41) is 10.8. The third-order valence-corrected chi connectivity index (χ3v) is 10.1. The van der Waals surface area contributed by atoms with E-state index < -0.39 is 17.1 Å². The Hall–Kier alpha value is -5.88. The van der Waals surface area contributed by atoms with Gasteiger partial charge in [0.1, 0.15) is 10.9 Å². The summed E-state index contributed by atoms with van der Waals surface area (Å²) in [5.74, 6) is -0.0409. The van der Waals surface area contributed by atoms with Crippen molar-refractivity contribution in [3.05, 3.63) is 160 Å². The van der Waals surface area contributed by atoms with Crippen LogP contribution in [0.1, 0.15) is 26.7 Å². The molecule has 0 spiro atoms. The molecule has 0 saturated carbocycles. The second-order valence-electron chi connectivity index (χ2n) is 11.4. The molecule has 0 aliphatic carbocycles. The minimum absolute atomic E-state index is 0.0386. The average molecular weight is 761 g/mol. The minimum Gasteiger partial charge on any atom is -0.493 e. The molecule has 53 heavy (non-hydrogen) atoms. The van der Waals surface area contributed by atoms with Crippen molar-refractivity contribution < 1.29 is 23.9 Å². The van der Waals surface area contributed by atoms with Crippen LogP contribution >= 0.6 is 34.7 Å². The summed E-state index contributed by atoms with van der Waals surface area (Å²) in [6.45, 7) is 0. The lowest BCUT2D eigenvalue weighted by atomic mass is 10.1. The number of aromatic nitrogens is 1. The Morgan fingerprint density at radius 3 is 2.23 bits per heavy atom. The van der Waals surface area contributed by atoms with Crippen molar-refractivity contribution in [1.29, 1.82) is 0 Å². The van der Waals surface area contributed by atoms with E-state index in [-0.39, 0.29) is 11.6 Å². The van der Waals surface area contributed by atoms with Crippen LogP contribution in [-0.4, -0.2) is 36.9 Å². The molecule has 12 heteroatoms. The van der Waals surface area contributed by atoms with Gasteiger partial charge in [0.15, 0.2) is 16.6 Å². The highest BCUT2D eigenvalue weighted by Crippen LogP contribution is 2.38. The fraction of sp³-hybridized carbons (Fsp3) is 0.0732. The van der Waals surface area contributed by atoms with Gasteiger partial charge in [-0.2, -0.15) is 0 Å². The van der Waals surface area contributed by atoms with Crippen LogP contribution in [0.25, 0.3) is 17.3 Å². The Morgan fingerprint density at radius 1 is 0.792 bits per heavy atom. The van der Waals surface area contributed by atoms with E-state index in [0.717, 1.165) is 16.0 Å². The Balaban J connectivity index is 1.20. The first-order valence-electron chi connectivity index (χ1n) is 16.2. The lowest BCUT2D eigenvalue weighted by Crippen LogP contribution is -2.30. The first kappa shape index (κ1) is 36.9. The van der Waals surface area contributed by atoms with Gasteiger partial charge in [0, 0.05) is 32.1 Å². The highest BCUT2D eigenvalue weighted by Gasteiger charge is 2.24. The quantitative estimate of drug-likeness (QED) is 0.0793. The van der Waals surface area contributed by atoms with Crippen molar-refractivity contribution in [3.63, 3.8) is 0 Å². The number of anilines is 2. The predicted octanol–water partition coefficient (Wildman–Crippen LogP) is 9.36. The number of benzene rings is 5. The number of nitrogens with zero attached hydrogens (tertiary/aromatic N) is 1. The Kier molecular flexibility index (Phi) is 12.2. The van der Waals surface area contributed by atoms with Crippen LogP contribution in [0, 0.1) is 0 Å². The molecule has 3 amide bonds. The molecule has 6 rings (SSSR count). The second kappa shape index (κ2) is 17.6. The fourth-order valence-electron chi connectivity index (χ4n) is 5.18. The molecule has 0 radical (unpaired) electrons. The molecule has 266 valence electrons. The lowest BCUT2D eigenvalue weighted by Gasteiger charge is -2.17. The molecule has 9 nitrogen and oxygen atoms in total. The predicted molar refractivity (Wildman–Crippen MR) is 213 cm³/mol. The first-order valence-corrected chi connectivity index (χ1v) is 18.4. The van der Waals surface area contributed by atoms with E-state index in [4.69, 9.17) is 21.1 Å². The molecule has 0 aliphatic rings. The number of hydrogen-bond acceptors (Lipinski definition) is 8. The average Bonchev–Trinajstić information content (AvgIpc) is 3.66. The SMILES string of the molecule is COc1ccc(-c2csc(NC(=O)C(Sc3cccc(NC(=O)/C(=C/c4ccc(Cl)cc4)NC(=O)c4ccccc4)c3)c3ccccc3)n2)cc1OC. The molecule has 3 N–H and O–H groups in total. The van der Waals surface area contributed by atoms with Gasteiger partial charge in [-0.05, 0) is 77.9 Å². The van der Waals surface area contributed by atoms with Crippen molar-refractivity contribution >= 4 is 69.3 Å². The maximum atomic E-state index is 13.9. The van der Waals surface area contributed by atoms with Crippen LogP contribution in [0.4, 0.5) is 10.8 Å². The largest absolute Gasteiger partial charge is 0.493 e. The number of amides is 3. The van der Waals surface area contributed by atoms with Gasteiger partial charge in [0.2, 0.25) is 5.91 Å². The summed E-state index contributed by atoms with van der Waals surface area (Å²) < 4.78 is 10.8. The number of carbonyl (C=O) groups excluding carboxylic acids is 3. The number of methoxy groups -OCH3 is 2. The number of carbonyl (C=O) groups is 3. The third-order valence-electron chi connectivity index (χ3n) is 7.81. The lowest BCUT2D eigenvalue weighted by molar-refractivity contribution is -0.116. The Morgan fingerprint density at radius 2 is 1.51 bits per heavy atom. The summed E-state index contributed by atoms with van der Waals surface area (Å²) in [4.78, 5) is 46.0. The van der Waals surface area contributed by atoms with Crippen molar-refractivity contribution in [1.82, 2.24) is 10.3 Å². The molecular weight excluding hydrogens is 728 g/mol. The number of thiazole rings is 1. The molecule has 5 aromatic carbocycles. The topological polar surface area (TPSA) is 119 Å². The van der Waals surface area contributed by atoms with E-state index in [1.165, 1.54) is 23.1 Å². The number of rotatable bonds is 13. The molecule has 0 bridgehead atoms. The Labute approximate surface area is 320 Å². The van der Waals surface area contributed by atoms with Crippen LogP contribution in [0.2, 0.25) is 5.02 Å². The summed E-state index contributed by atoms with van der Waals surface area (Å²) in [5.41, 5.74) is 3.88. The monoisotopic (exact) mass is 760 g/mol. The molecule has 1 aromatic heterocycles. The van der Waals surface area contributed by atoms with Crippen molar-refractivity contribution in [2.75, 3.05) is 24.9 Å². The molecule has 1 unspecified atom stereocenters. The van der Waals surface area contributed by atoms with Crippen LogP contribution in [-0.2, 0) is 9.59 Å². The number of thioether (sulfide) groups is 1. The van der Waals surface area contributed by atoms with Crippen molar-refractivity contribution in [3.8, 4) is 22.8 Å². The van der Waals surface area contributed by atoms with Crippen LogP contribution in [0.15, 0.2) is 143 Å². The van der Waals surface area contributed by atoms with Gasteiger partial charge >= 0.3 is 0 Å². The smallest absolute Gasteiger partial charge is 0.272 e. The van der Waals surface area contributed by atoms with Crippen LogP contribution in [0.5, 0.6) is 11.5 Å². The first-order chi connectivity index (χ1) is 25.8. The van der Waals surface area contributed by atoms with Crippen molar-refractivity contribution in [2.45, 2.75) is 10.1 Å². The highest BCUT2D eigenvalue weighted by molar-refractivity contribution is 8.00. The minimum atomic E-state index is -0.652. The maximum Gasteiger partial charge on any atom is 0.272 e. The van der Waals surface area contributed by atoms with Crippen LogP contribution in [0.3, 0.4) is 0 Å². The zero-order chi connectivity index (χ0) is 37.2. The van der Waals surface area contributed by atoms with Gasteiger partial charge in [0.25, 0.3) is 11.8 Å². The summed E-state index contributed by atoms with van der Waals surface area (Å²) >= 11 is 8.71. The number of ether oxygens (including phenoxy) is 2. The molecule has 0 aliphatic heterocycles. The van der Waals surface area contributed by atoms with Crippen LogP contribution < -0.4 is 25.4 Å². The van der Waals surface area contributed by atoms with Crippen molar-refractivity contribution in [2.24, 2.45) is 0 Å². The molecule has 1 heterocycles. The molecule has 6 aromatic rings. The van der Waals surface area contributed by atoms with E-state index in [1.807, 2.05) is 66.0 Å².